The molecule has 1 N–H and O–H groups in total. The number of aromatic nitrogens is 2. The van der Waals surface area contributed by atoms with Crippen molar-refractivity contribution in [1.82, 2.24) is 15.3 Å². The van der Waals surface area contributed by atoms with E-state index in [0.29, 0.717) is 24.8 Å². The maximum Gasteiger partial charge on any atom is 0.258 e. The van der Waals surface area contributed by atoms with Gasteiger partial charge in [0.2, 0.25) is 18.6 Å². The van der Waals surface area contributed by atoms with Gasteiger partial charge in [0.1, 0.15) is 17.9 Å². The minimum absolute atomic E-state index is 0.0295. The predicted molar refractivity (Wildman–Crippen MR) is 134 cm³/mol. The molecular weight excluding hydrogens is 476 g/mol. The summed E-state index contributed by atoms with van der Waals surface area (Å²) in [6.07, 6.45) is 4.32. The fourth-order valence-corrected chi connectivity index (χ4v) is 4.72. The average molecular weight is 505 g/mol. The van der Waals surface area contributed by atoms with E-state index in [-0.39, 0.29) is 36.9 Å². The minimum Gasteiger partial charge on any atom is -0.497 e. The Morgan fingerprint density at radius 3 is 2.81 bits per heavy atom. The molecule has 0 saturated carbocycles. The number of methoxy groups -OCH3 is 1. The topological polar surface area (TPSA) is 104 Å². The van der Waals surface area contributed by atoms with E-state index in [9.17, 15) is 4.79 Å². The number of ether oxygens (including phenoxy) is 5. The van der Waals surface area contributed by atoms with Gasteiger partial charge in [-0.3, -0.25) is 4.79 Å². The highest BCUT2D eigenvalue weighted by Gasteiger charge is 2.29. The number of hydrogen-bond acceptors (Lipinski definition) is 9. The van der Waals surface area contributed by atoms with Crippen molar-refractivity contribution in [2.24, 2.45) is 0 Å². The first-order valence-electron chi connectivity index (χ1n) is 12.4. The van der Waals surface area contributed by atoms with Gasteiger partial charge in [-0.1, -0.05) is 12.1 Å². The quantitative estimate of drug-likeness (QED) is 0.494. The van der Waals surface area contributed by atoms with Gasteiger partial charge < -0.3 is 33.9 Å². The number of fused-ring (bicyclic) bond motifs is 2. The van der Waals surface area contributed by atoms with Crippen LogP contribution in [0.5, 0.6) is 23.1 Å². The molecule has 2 aromatic carbocycles. The molecule has 10 heteroatoms. The normalized spacial score (nSPS) is 17.5. The van der Waals surface area contributed by atoms with Crippen LogP contribution in [0, 0.1) is 0 Å². The maximum atomic E-state index is 13.1. The fraction of sp³-hybridized carbons (Fsp3) is 0.370. The highest BCUT2D eigenvalue weighted by molar-refractivity contribution is 5.96. The Balaban J connectivity index is 1.26. The number of hydrogen-bond donors (Lipinski definition) is 1. The molecule has 1 saturated heterocycles. The summed E-state index contributed by atoms with van der Waals surface area (Å²) in [4.78, 5) is 24.3. The number of nitrogens with one attached hydrogen (secondary N) is 1. The molecule has 0 bridgehead atoms. The first-order chi connectivity index (χ1) is 18.2. The van der Waals surface area contributed by atoms with Crippen LogP contribution in [0.4, 0.5) is 11.6 Å². The first-order valence-corrected chi connectivity index (χ1v) is 12.4. The molecule has 1 amide bonds. The lowest BCUT2D eigenvalue weighted by Gasteiger charge is -2.19. The Labute approximate surface area is 214 Å². The highest BCUT2D eigenvalue weighted by Crippen LogP contribution is 2.43. The van der Waals surface area contributed by atoms with Crippen LogP contribution in [0.15, 0.2) is 42.6 Å². The molecule has 3 aromatic rings. The summed E-state index contributed by atoms with van der Waals surface area (Å²) < 4.78 is 28.1. The van der Waals surface area contributed by atoms with Crippen molar-refractivity contribution >= 4 is 17.5 Å². The van der Waals surface area contributed by atoms with Crippen molar-refractivity contribution in [2.45, 2.75) is 32.0 Å². The van der Waals surface area contributed by atoms with Crippen molar-refractivity contribution in [3.05, 3.63) is 59.3 Å². The second-order valence-electron chi connectivity index (χ2n) is 9.11. The number of amides is 1. The highest BCUT2D eigenvalue weighted by atomic mass is 16.7. The van der Waals surface area contributed by atoms with Gasteiger partial charge >= 0.3 is 0 Å². The zero-order valence-electron chi connectivity index (χ0n) is 20.6. The van der Waals surface area contributed by atoms with E-state index in [4.69, 9.17) is 28.7 Å². The third-order valence-electron chi connectivity index (χ3n) is 6.75. The van der Waals surface area contributed by atoms with E-state index in [1.54, 1.807) is 7.11 Å². The van der Waals surface area contributed by atoms with Crippen molar-refractivity contribution in [3.63, 3.8) is 0 Å². The molecule has 1 fully saturated rings. The maximum absolute atomic E-state index is 13.1. The lowest BCUT2D eigenvalue weighted by Crippen LogP contribution is -2.32. The molecule has 192 valence electrons. The third-order valence-corrected chi connectivity index (χ3v) is 6.75. The third kappa shape index (κ3) is 4.84. The van der Waals surface area contributed by atoms with E-state index < -0.39 is 0 Å². The number of carbonyl (C=O) groups is 1. The monoisotopic (exact) mass is 504 g/mol. The van der Waals surface area contributed by atoms with E-state index in [0.717, 1.165) is 54.2 Å². The summed E-state index contributed by atoms with van der Waals surface area (Å²) in [5.41, 5.74) is 3.29. The summed E-state index contributed by atoms with van der Waals surface area (Å²) in [6, 6.07) is 11.5. The molecule has 0 aliphatic carbocycles. The van der Waals surface area contributed by atoms with Gasteiger partial charge in [0, 0.05) is 32.0 Å². The van der Waals surface area contributed by atoms with Crippen LogP contribution in [0.3, 0.4) is 0 Å². The van der Waals surface area contributed by atoms with Crippen LogP contribution in [0.2, 0.25) is 0 Å². The molecule has 3 aliphatic heterocycles. The smallest absolute Gasteiger partial charge is 0.258 e. The Kier molecular flexibility index (Phi) is 6.40. The molecule has 0 radical (unpaired) electrons. The van der Waals surface area contributed by atoms with Crippen molar-refractivity contribution in [2.75, 3.05) is 38.5 Å². The lowest BCUT2D eigenvalue weighted by molar-refractivity contribution is 0.0853. The number of rotatable bonds is 8. The second-order valence-corrected chi connectivity index (χ2v) is 9.11. The van der Waals surface area contributed by atoms with Crippen LogP contribution >= 0.6 is 0 Å². The number of carbonyl (C=O) groups excluding carboxylic acids is 1. The number of benzene rings is 2. The SMILES string of the molecule is COc1ccc(COc2nc(N3CCc4cc5c(cc43)OCO5)ncc2C(=O)NCC2CCCO2)cc1. The Hall–Kier alpha value is -4.05. The number of anilines is 2. The fourth-order valence-electron chi connectivity index (χ4n) is 4.72. The zero-order chi connectivity index (χ0) is 25.2. The van der Waals surface area contributed by atoms with Gasteiger partial charge in [-0.25, -0.2) is 4.98 Å². The summed E-state index contributed by atoms with van der Waals surface area (Å²) in [5, 5.41) is 2.94. The van der Waals surface area contributed by atoms with Crippen LogP contribution in [-0.2, 0) is 17.8 Å². The average Bonchev–Trinajstić information content (AvgIpc) is 3.70. The molecule has 1 atom stereocenters. The first kappa shape index (κ1) is 23.4. The van der Waals surface area contributed by atoms with E-state index in [2.05, 4.69) is 10.3 Å². The van der Waals surface area contributed by atoms with Crippen LogP contribution in [0.1, 0.15) is 34.3 Å². The zero-order valence-corrected chi connectivity index (χ0v) is 20.6. The summed E-state index contributed by atoms with van der Waals surface area (Å²) in [6.45, 7) is 2.31. The molecule has 1 aromatic heterocycles. The molecule has 0 spiro atoms. The number of nitrogens with zero attached hydrogens (tertiary/aromatic N) is 3. The molecule has 3 aliphatic rings. The van der Waals surface area contributed by atoms with Crippen LogP contribution < -0.4 is 29.2 Å². The van der Waals surface area contributed by atoms with Gasteiger partial charge in [-0.05, 0) is 48.6 Å². The largest absolute Gasteiger partial charge is 0.497 e. The van der Waals surface area contributed by atoms with Gasteiger partial charge in [-0.2, -0.15) is 4.98 Å². The Morgan fingerprint density at radius 1 is 1.19 bits per heavy atom. The lowest BCUT2D eigenvalue weighted by atomic mass is 10.1. The van der Waals surface area contributed by atoms with Crippen molar-refractivity contribution in [3.8, 4) is 23.1 Å². The standard InChI is InChI=1S/C27H28N4O6/c1-33-19-6-4-17(5-7-19)15-35-26-21(25(32)28-13-20-3-2-10-34-20)14-29-27(30-26)31-9-8-18-11-23-24(12-22(18)31)37-16-36-23/h4-7,11-12,14,20H,2-3,8-10,13,15-16H2,1H3,(H,28,32). The van der Waals surface area contributed by atoms with Crippen LogP contribution in [-0.4, -0.2) is 55.6 Å². The molecule has 10 nitrogen and oxygen atoms in total. The van der Waals surface area contributed by atoms with Crippen molar-refractivity contribution in [1.29, 1.82) is 0 Å². The van der Waals surface area contributed by atoms with E-state index in [1.807, 2.05) is 41.3 Å². The minimum atomic E-state index is -0.294. The van der Waals surface area contributed by atoms with Crippen molar-refractivity contribution < 1.29 is 28.5 Å². The molecule has 37 heavy (non-hydrogen) atoms. The van der Waals surface area contributed by atoms with Gasteiger partial charge in [0.05, 0.1) is 18.9 Å². The van der Waals surface area contributed by atoms with Gasteiger partial charge in [0.25, 0.3) is 5.91 Å². The van der Waals surface area contributed by atoms with Gasteiger partial charge in [-0.15, -0.1) is 0 Å². The summed E-state index contributed by atoms with van der Waals surface area (Å²) in [7, 11) is 1.62. The molecular formula is C27H28N4O6. The molecule has 4 heterocycles. The van der Waals surface area contributed by atoms with E-state index in [1.165, 1.54) is 6.20 Å². The Bertz CT molecular complexity index is 1290. The Morgan fingerprint density at radius 2 is 2.03 bits per heavy atom. The summed E-state index contributed by atoms with van der Waals surface area (Å²) in [5.74, 6) is 2.60. The molecule has 6 rings (SSSR count). The van der Waals surface area contributed by atoms with Crippen LogP contribution in [0.25, 0.3) is 0 Å². The molecule has 1 unspecified atom stereocenters. The van der Waals surface area contributed by atoms with E-state index >= 15 is 0 Å². The second kappa shape index (κ2) is 10.1. The predicted octanol–water partition coefficient (Wildman–Crippen LogP) is 3.40. The summed E-state index contributed by atoms with van der Waals surface area (Å²) >= 11 is 0. The van der Waals surface area contributed by atoms with Gasteiger partial charge in [0.15, 0.2) is 11.5 Å².